The molecular formula is C15H16N4O3. The molecule has 1 aliphatic heterocycles. The third-order valence-electron chi connectivity index (χ3n) is 3.60. The van der Waals surface area contributed by atoms with E-state index >= 15 is 0 Å². The normalized spacial score (nSPS) is 17.5. The molecule has 2 aromatic heterocycles. The smallest absolute Gasteiger partial charge is 0.256 e. The van der Waals surface area contributed by atoms with E-state index in [4.69, 9.17) is 4.52 Å². The van der Waals surface area contributed by atoms with Crippen LogP contribution >= 0.6 is 0 Å². The molecule has 22 heavy (non-hydrogen) atoms. The van der Waals surface area contributed by atoms with Crippen molar-refractivity contribution in [2.45, 2.75) is 25.8 Å². The van der Waals surface area contributed by atoms with Crippen LogP contribution in [0, 0.1) is 6.92 Å². The summed E-state index contributed by atoms with van der Waals surface area (Å²) in [4.78, 5) is 30.4. The minimum atomic E-state index is -0.496. The lowest BCUT2D eigenvalue weighted by molar-refractivity contribution is -0.119. The van der Waals surface area contributed by atoms with Crippen molar-refractivity contribution < 1.29 is 14.1 Å². The first-order chi connectivity index (χ1) is 10.6. The van der Waals surface area contributed by atoms with Crippen molar-refractivity contribution in [2.24, 2.45) is 0 Å². The minimum Gasteiger partial charge on any atom is -0.360 e. The highest BCUT2D eigenvalue weighted by molar-refractivity contribution is 6.01. The number of aromatic nitrogens is 2. The van der Waals surface area contributed by atoms with E-state index in [0.29, 0.717) is 30.1 Å². The van der Waals surface area contributed by atoms with E-state index in [1.54, 1.807) is 36.2 Å². The Hall–Kier alpha value is -2.70. The molecule has 0 radical (unpaired) electrons. The van der Waals surface area contributed by atoms with Gasteiger partial charge < -0.3 is 14.7 Å². The van der Waals surface area contributed by atoms with Gasteiger partial charge in [-0.2, -0.15) is 0 Å². The topological polar surface area (TPSA) is 88.3 Å². The number of amides is 2. The molecule has 0 unspecified atom stereocenters. The summed E-state index contributed by atoms with van der Waals surface area (Å²) in [6, 6.07) is 4.55. The first kappa shape index (κ1) is 14.2. The highest BCUT2D eigenvalue weighted by Crippen LogP contribution is 2.21. The molecule has 3 rings (SSSR count). The second-order valence-electron chi connectivity index (χ2n) is 5.21. The molecule has 7 heteroatoms. The van der Waals surface area contributed by atoms with Crippen LogP contribution in [0.3, 0.4) is 0 Å². The number of hydrogen-bond acceptors (Lipinski definition) is 5. The van der Waals surface area contributed by atoms with Crippen LogP contribution in [-0.4, -0.2) is 39.4 Å². The quantitative estimate of drug-likeness (QED) is 0.930. The van der Waals surface area contributed by atoms with Gasteiger partial charge in [-0.25, -0.2) is 0 Å². The number of carbonyl (C=O) groups excluding carboxylic acids is 2. The highest BCUT2D eigenvalue weighted by atomic mass is 16.5. The molecule has 1 aliphatic rings. The van der Waals surface area contributed by atoms with E-state index in [1.165, 1.54) is 6.20 Å². The molecule has 0 spiro atoms. The van der Waals surface area contributed by atoms with Crippen LogP contribution in [0.25, 0.3) is 0 Å². The molecule has 0 bridgehead atoms. The third kappa shape index (κ3) is 2.83. The van der Waals surface area contributed by atoms with Crippen LogP contribution in [0.4, 0.5) is 5.82 Å². The van der Waals surface area contributed by atoms with Gasteiger partial charge in [0.1, 0.15) is 11.8 Å². The lowest BCUT2D eigenvalue weighted by atomic mass is 10.2. The number of likely N-dealkylation sites (tertiary alicyclic amines) is 1. The Morgan fingerprint density at radius 1 is 1.45 bits per heavy atom. The average Bonchev–Trinajstić information content (AvgIpc) is 3.16. The summed E-state index contributed by atoms with van der Waals surface area (Å²) in [5.74, 6) is 0.554. The second kappa shape index (κ2) is 5.97. The summed E-state index contributed by atoms with van der Waals surface area (Å²) in [6.45, 7) is 2.31. The van der Waals surface area contributed by atoms with Crippen molar-refractivity contribution >= 4 is 17.6 Å². The zero-order chi connectivity index (χ0) is 15.5. The van der Waals surface area contributed by atoms with E-state index in [2.05, 4.69) is 15.5 Å². The van der Waals surface area contributed by atoms with Gasteiger partial charge >= 0.3 is 0 Å². The molecule has 0 aromatic carbocycles. The van der Waals surface area contributed by atoms with E-state index < -0.39 is 6.04 Å². The van der Waals surface area contributed by atoms with Gasteiger partial charge in [-0.15, -0.1) is 0 Å². The Kier molecular flexibility index (Phi) is 3.86. The van der Waals surface area contributed by atoms with Crippen LogP contribution in [0.2, 0.25) is 0 Å². The number of aryl methyl sites for hydroxylation is 1. The predicted molar refractivity (Wildman–Crippen MR) is 78.2 cm³/mol. The standard InChI is InChI=1S/C15H16N4O3/c1-10-8-13(18-22-10)17-14(20)12-5-3-7-19(12)15(21)11-4-2-6-16-9-11/h2,4,6,8-9,12H,3,5,7H2,1H3,(H,17,18,20)/t12-/m0/s1. The van der Waals surface area contributed by atoms with Gasteiger partial charge in [-0.1, -0.05) is 5.16 Å². The molecule has 7 nitrogen and oxygen atoms in total. The van der Waals surface area contributed by atoms with Gasteiger partial charge in [0.2, 0.25) is 5.91 Å². The molecule has 2 amide bonds. The Morgan fingerprint density at radius 2 is 2.32 bits per heavy atom. The van der Waals surface area contributed by atoms with Crippen molar-refractivity contribution in [2.75, 3.05) is 11.9 Å². The fourth-order valence-corrected chi connectivity index (χ4v) is 2.57. The summed E-state index contributed by atoms with van der Waals surface area (Å²) in [5, 5.41) is 6.42. The molecule has 1 atom stereocenters. The van der Waals surface area contributed by atoms with Crippen LogP contribution < -0.4 is 5.32 Å². The lowest BCUT2D eigenvalue weighted by Crippen LogP contribution is -2.43. The average molecular weight is 300 g/mol. The van der Waals surface area contributed by atoms with Crippen LogP contribution in [0.1, 0.15) is 29.0 Å². The molecule has 0 saturated carbocycles. The molecule has 3 heterocycles. The summed E-state index contributed by atoms with van der Waals surface area (Å²) in [7, 11) is 0. The summed E-state index contributed by atoms with van der Waals surface area (Å²) >= 11 is 0. The zero-order valence-electron chi connectivity index (χ0n) is 12.2. The monoisotopic (exact) mass is 300 g/mol. The van der Waals surface area contributed by atoms with Crippen molar-refractivity contribution in [3.8, 4) is 0 Å². The highest BCUT2D eigenvalue weighted by Gasteiger charge is 2.34. The SMILES string of the molecule is Cc1cc(NC(=O)[C@@H]2CCCN2C(=O)c2cccnc2)no1. The van der Waals surface area contributed by atoms with E-state index in [1.807, 2.05) is 0 Å². The summed E-state index contributed by atoms with van der Waals surface area (Å²) in [5.41, 5.74) is 0.486. The third-order valence-corrected chi connectivity index (χ3v) is 3.60. The number of nitrogens with one attached hydrogen (secondary N) is 1. The molecule has 1 N–H and O–H groups in total. The van der Waals surface area contributed by atoms with Gasteiger partial charge in [-0.3, -0.25) is 14.6 Å². The number of hydrogen-bond donors (Lipinski definition) is 1. The molecule has 2 aromatic rings. The first-order valence-electron chi connectivity index (χ1n) is 7.10. The zero-order valence-corrected chi connectivity index (χ0v) is 12.2. The lowest BCUT2D eigenvalue weighted by Gasteiger charge is -2.23. The predicted octanol–water partition coefficient (Wildman–Crippen LogP) is 1.62. The molecule has 1 saturated heterocycles. The van der Waals surface area contributed by atoms with Gasteiger partial charge in [0.15, 0.2) is 5.82 Å². The molecule has 0 aliphatic carbocycles. The Balaban J connectivity index is 1.72. The Labute approximate surface area is 127 Å². The summed E-state index contributed by atoms with van der Waals surface area (Å²) in [6.07, 6.45) is 4.55. The number of anilines is 1. The van der Waals surface area contributed by atoms with E-state index in [-0.39, 0.29) is 11.8 Å². The molecule has 114 valence electrons. The van der Waals surface area contributed by atoms with Crippen molar-refractivity contribution in [3.05, 3.63) is 41.9 Å². The van der Waals surface area contributed by atoms with E-state index in [9.17, 15) is 9.59 Å². The fraction of sp³-hybridized carbons (Fsp3) is 0.333. The van der Waals surface area contributed by atoms with Crippen molar-refractivity contribution in [3.63, 3.8) is 0 Å². The minimum absolute atomic E-state index is 0.179. The Bertz CT molecular complexity index is 683. The first-order valence-corrected chi connectivity index (χ1v) is 7.10. The maximum Gasteiger partial charge on any atom is 0.256 e. The van der Waals surface area contributed by atoms with Gasteiger partial charge in [-0.05, 0) is 31.9 Å². The maximum absolute atomic E-state index is 12.5. The Morgan fingerprint density at radius 3 is 3.00 bits per heavy atom. The second-order valence-corrected chi connectivity index (χ2v) is 5.21. The van der Waals surface area contributed by atoms with E-state index in [0.717, 1.165) is 6.42 Å². The molecular weight excluding hydrogens is 284 g/mol. The largest absolute Gasteiger partial charge is 0.360 e. The van der Waals surface area contributed by atoms with Crippen LogP contribution in [0.5, 0.6) is 0 Å². The van der Waals surface area contributed by atoms with Crippen molar-refractivity contribution in [1.29, 1.82) is 0 Å². The van der Waals surface area contributed by atoms with Crippen LogP contribution in [-0.2, 0) is 4.79 Å². The number of pyridine rings is 1. The van der Waals surface area contributed by atoms with Gasteiger partial charge in [0.25, 0.3) is 5.91 Å². The number of rotatable bonds is 3. The van der Waals surface area contributed by atoms with Gasteiger partial charge in [0, 0.05) is 25.0 Å². The van der Waals surface area contributed by atoms with Crippen LogP contribution in [0.15, 0.2) is 35.1 Å². The molecule has 1 fully saturated rings. The van der Waals surface area contributed by atoms with Crippen molar-refractivity contribution in [1.82, 2.24) is 15.0 Å². The van der Waals surface area contributed by atoms with Gasteiger partial charge in [0.05, 0.1) is 5.56 Å². The number of nitrogens with zero attached hydrogens (tertiary/aromatic N) is 3. The summed E-state index contributed by atoms with van der Waals surface area (Å²) < 4.78 is 4.92. The fourth-order valence-electron chi connectivity index (χ4n) is 2.57. The maximum atomic E-state index is 12.5. The number of carbonyl (C=O) groups is 2.